The first-order chi connectivity index (χ1) is 10.8. The van der Waals surface area contributed by atoms with E-state index in [1.165, 1.54) is 0 Å². The fourth-order valence-corrected chi connectivity index (χ4v) is 5.02. The maximum absolute atomic E-state index is 6.71. The van der Waals surface area contributed by atoms with Gasteiger partial charge in [0, 0.05) is 12.8 Å². The van der Waals surface area contributed by atoms with E-state index in [9.17, 15) is 0 Å². The predicted octanol–water partition coefficient (Wildman–Crippen LogP) is 3.67. The van der Waals surface area contributed by atoms with Crippen molar-refractivity contribution in [3.8, 4) is 0 Å². The minimum absolute atomic E-state index is 0.0814. The van der Waals surface area contributed by atoms with E-state index in [2.05, 4.69) is 20.8 Å². The van der Waals surface area contributed by atoms with Gasteiger partial charge in [0.25, 0.3) is 0 Å². The Morgan fingerprint density at radius 2 is 1.70 bits per heavy atom. The molecule has 23 heavy (non-hydrogen) atoms. The van der Waals surface area contributed by atoms with Crippen LogP contribution in [0.15, 0.2) is 0 Å². The third-order valence-corrected chi connectivity index (χ3v) is 6.53. The average molecular weight is 324 g/mol. The Morgan fingerprint density at radius 3 is 2.43 bits per heavy atom. The van der Waals surface area contributed by atoms with Crippen LogP contribution in [0.1, 0.15) is 66.7 Å². The number of fused-ring (bicyclic) bond motifs is 3. The van der Waals surface area contributed by atoms with Crippen LogP contribution in [0.2, 0.25) is 0 Å². The van der Waals surface area contributed by atoms with E-state index in [0.29, 0.717) is 17.9 Å². The molecule has 132 valence electrons. The molecule has 3 saturated heterocycles. The highest BCUT2D eigenvalue weighted by Gasteiger charge is 2.64. The van der Waals surface area contributed by atoms with Gasteiger partial charge in [0.1, 0.15) is 6.10 Å². The summed E-state index contributed by atoms with van der Waals surface area (Å²) in [6, 6.07) is 0. The Labute approximate surface area is 140 Å². The molecule has 0 radical (unpaired) electrons. The molecule has 4 aliphatic rings. The van der Waals surface area contributed by atoms with Gasteiger partial charge in [0.15, 0.2) is 5.79 Å². The number of hydrogen-bond donors (Lipinski definition) is 0. The topological polar surface area (TPSA) is 36.9 Å². The lowest BCUT2D eigenvalue weighted by atomic mass is 9.75. The molecular formula is C19H32O4. The zero-order valence-electron chi connectivity index (χ0n) is 15.2. The van der Waals surface area contributed by atoms with Gasteiger partial charge in [0.2, 0.25) is 0 Å². The van der Waals surface area contributed by atoms with Crippen LogP contribution in [0.5, 0.6) is 0 Å². The molecule has 0 N–H and O–H groups in total. The lowest BCUT2D eigenvalue weighted by Gasteiger charge is -2.45. The first-order valence-corrected chi connectivity index (χ1v) is 9.47. The van der Waals surface area contributed by atoms with Gasteiger partial charge >= 0.3 is 0 Å². The van der Waals surface area contributed by atoms with Crippen LogP contribution in [0, 0.1) is 11.8 Å². The first kappa shape index (κ1) is 16.3. The molecule has 0 aromatic rings. The van der Waals surface area contributed by atoms with Crippen molar-refractivity contribution < 1.29 is 18.9 Å². The van der Waals surface area contributed by atoms with Gasteiger partial charge in [-0.3, -0.25) is 0 Å². The molecule has 3 aliphatic heterocycles. The van der Waals surface area contributed by atoms with Gasteiger partial charge in [-0.05, 0) is 44.9 Å². The molecule has 0 aromatic carbocycles. The molecule has 4 rings (SSSR count). The zero-order valence-corrected chi connectivity index (χ0v) is 15.2. The van der Waals surface area contributed by atoms with E-state index in [1.807, 2.05) is 13.8 Å². The number of hydrogen-bond acceptors (Lipinski definition) is 4. The Bertz CT molecular complexity index is 462. The van der Waals surface area contributed by atoms with Crippen molar-refractivity contribution >= 4 is 0 Å². The molecule has 1 unspecified atom stereocenters. The standard InChI is InChI=1S/C19H32O4/c1-11(2)12(3)8-13-6-7-16-19(21-13)9-14(20-16)17-15(10-19)22-18(4,5)23-17/h11-17H,6-10H2,1-5H3/t12-,13?,14-,15-,16+,17+,19-/m1/s1. The average Bonchev–Trinajstić information content (AvgIpc) is 2.92. The lowest BCUT2D eigenvalue weighted by Crippen LogP contribution is -2.53. The highest BCUT2D eigenvalue weighted by atomic mass is 16.8. The smallest absolute Gasteiger partial charge is 0.163 e. The Kier molecular flexibility index (Phi) is 3.84. The highest BCUT2D eigenvalue weighted by molar-refractivity contribution is 5.11. The predicted molar refractivity (Wildman–Crippen MR) is 87.2 cm³/mol. The zero-order chi connectivity index (χ0) is 16.4. The third kappa shape index (κ3) is 2.76. The van der Waals surface area contributed by atoms with Crippen LogP contribution in [-0.2, 0) is 18.9 Å². The molecule has 1 spiro atoms. The molecule has 1 aliphatic carbocycles. The number of rotatable bonds is 3. The van der Waals surface area contributed by atoms with Crippen LogP contribution in [0.25, 0.3) is 0 Å². The summed E-state index contributed by atoms with van der Waals surface area (Å²) < 4.78 is 25.3. The first-order valence-electron chi connectivity index (χ1n) is 9.47. The van der Waals surface area contributed by atoms with E-state index >= 15 is 0 Å². The summed E-state index contributed by atoms with van der Waals surface area (Å²) in [5.74, 6) is 0.923. The van der Waals surface area contributed by atoms with Crippen LogP contribution in [-0.4, -0.2) is 41.9 Å². The molecule has 4 fully saturated rings. The normalized spacial score (nSPS) is 49.0. The molecule has 2 bridgehead atoms. The molecule has 0 aromatic heterocycles. The lowest BCUT2D eigenvalue weighted by molar-refractivity contribution is -0.194. The summed E-state index contributed by atoms with van der Waals surface area (Å²) in [6.07, 6.45) is 6.26. The second-order valence-corrected chi connectivity index (χ2v) is 9.05. The summed E-state index contributed by atoms with van der Waals surface area (Å²) in [5.41, 5.74) is -0.130. The van der Waals surface area contributed by atoms with Crippen molar-refractivity contribution in [3.63, 3.8) is 0 Å². The van der Waals surface area contributed by atoms with Gasteiger partial charge in [-0.25, -0.2) is 0 Å². The molecule has 7 atom stereocenters. The minimum atomic E-state index is -0.491. The maximum atomic E-state index is 6.71. The molecule has 1 saturated carbocycles. The van der Waals surface area contributed by atoms with E-state index in [-0.39, 0.29) is 30.0 Å². The molecule has 0 amide bonds. The van der Waals surface area contributed by atoms with Crippen molar-refractivity contribution in [2.45, 2.75) is 109 Å². The highest BCUT2D eigenvalue weighted by Crippen LogP contribution is 2.53. The van der Waals surface area contributed by atoms with Gasteiger partial charge < -0.3 is 18.9 Å². The maximum Gasteiger partial charge on any atom is 0.163 e. The molecule has 4 heteroatoms. The van der Waals surface area contributed by atoms with Crippen molar-refractivity contribution in [1.29, 1.82) is 0 Å². The fourth-order valence-electron chi connectivity index (χ4n) is 5.02. The van der Waals surface area contributed by atoms with Crippen molar-refractivity contribution in [2.24, 2.45) is 11.8 Å². The fraction of sp³-hybridized carbons (Fsp3) is 1.00. The van der Waals surface area contributed by atoms with Crippen LogP contribution >= 0.6 is 0 Å². The van der Waals surface area contributed by atoms with Crippen molar-refractivity contribution in [1.82, 2.24) is 0 Å². The van der Waals surface area contributed by atoms with Gasteiger partial charge in [-0.15, -0.1) is 0 Å². The van der Waals surface area contributed by atoms with Crippen LogP contribution in [0.3, 0.4) is 0 Å². The van der Waals surface area contributed by atoms with Gasteiger partial charge in [0.05, 0.1) is 30.0 Å². The number of ether oxygens (including phenoxy) is 4. The minimum Gasteiger partial charge on any atom is -0.369 e. The third-order valence-electron chi connectivity index (χ3n) is 6.53. The molecular weight excluding hydrogens is 292 g/mol. The second kappa shape index (κ2) is 5.42. The van der Waals surface area contributed by atoms with E-state index in [1.54, 1.807) is 0 Å². The van der Waals surface area contributed by atoms with Crippen LogP contribution in [0.4, 0.5) is 0 Å². The van der Waals surface area contributed by atoms with Crippen LogP contribution < -0.4 is 0 Å². The van der Waals surface area contributed by atoms with Crippen molar-refractivity contribution in [2.75, 3.05) is 0 Å². The molecule has 3 heterocycles. The van der Waals surface area contributed by atoms with Gasteiger partial charge in [-0.2, -0.15) is 0 Å². The SMILES string of the molecule is CC(C)[C@H](C)CC1CC[C@@H]2O[C@@H]3C[C@]2(C[C@H]2OC(C)(C)O[C@@H]32)O1. The summed E-state index contributed by atoms with van der Waals surface area (Å²) in [4.78, 5) is 0. The largest absolute Gasteiger partial charge is 0.369 e. The summed E-state index contributed by atoms with van der Waals surface area (Å²) in [6.45, 7) is 11.0. The Morgan fingerprint density at radius 1 is 0.957 bits per heavy atom. The Hall–Kier alpha value is -0.160. The monoisotopic (exact) mass is 324 g/mol. The summed E-state index contributed by atoms with van der Waals surface area (Å²) in [7, 11) is 0. The second-order valence-electron chi connectivity index (χ2n) is 9.05. The van der Waals surface area contributed by atoms with E-state index in [4.69, 9.17) is 18.9 Å². The summed E-state index contributed by atoms with van der Waals surface area (Å²) >= 11 is 0. The summed E-state index contributed by atoms with van der Waals surface area (Å²) in [5, 5.41) is 0. The van der Waals surface area contributed by atoms with E-state index in [0.717, 1.165) is 32.1 Å². The van der Waals surface area contributed by atoms with Crippen molar-refractivity contribution in [3.05, 3.63) is 0 Å². The Balaban J connectivity index is 1.48. The molecule has 4 nitrogen and oxygen atoms in total. The quantitative estimate of drug-likeness (QED) is 0.794. The van der Waals surface area contributed by atoms with E-state index < -0.39 is 5.79 Å². The van der Waals surface area contributed by atoms with Gasteiger partial charge in [-0.1, -0.05) is 20.8 Å².